The number of hydrogen-bond donors (Lipinski definition) is 0. The minimum absolute atomic E-state index is 0.752. The minimum Gasteiger partial charge on any atom is -0.290 e. The zero-order valence-electron chi connectivity index (χ0n) is 9.72. The Morgan fingerprint density at radius 3 is 1.60 bits per heavy atom. The normalized spacial score (nSPS) is 13.4. The van der Waals surface area contributed by atoms with Crippen molar-refractivity contribution in [3.05, 3.63) is 34.6 Å². The van der Waals surface area contributed by atoms with E-state index in [0.29, 0.717) is 0 Å². The number of ketones is 1. The molecule has 1 aromatic carbocycles. The third kappa shape index (κ3) is 2.91. The number of rotatable bonds is 3. The zero-order chi connectivity index (χ0) is 15.8. The van der Waals surface area contributed by atoms with Gasteiger partial charge in [0.15, 0.2) is 23.3 Å². The Morgan fingerprint density at radius 2 is 1.25 bits per heavy atom. The van der Waals surface area contributed by atoms with Crippen molar-refractivity contribution in [1.82, 2.24) is 0 Å². The highest BCUT2D eigenvalue weighted by Crippen LogP contribution is 2.32. The van der Waals surface area contributed by atoms with Crippen LogP contribution in [0.5, 0.6) is 0 Å². The van der Waals surface area contributed by atoms with Gasteiger partial charge in [0.2, 0.25) is 11.6 Å². The van der Waals surface area contributed by atoms with Gasteiger partial charge >= 0.3 is 6.18 Å². The number of carbonyl (C=O) groups excluding carboxylic acids is 1. The first kappa shape index (κ1) is 16.4. The maximum absolute atomic E-state index is 13.3. The second kappa shape index (κ2) is 5.37. The van der Waals surface area contributed by atoms with Crippen molar-refractivity contribution >= 4 is 5.78 Å². The van der Waals surface area contributed by atoms with Crippen molar-refractivity contribution < 1.29 is 39.9 Å². The molecule has 1 nitrogen and oxygen atoms in total. The summed E-state index contributed by atoms with van der Waals surface area (Å²) in [6, 6.07) is 0. The van der Waals surface area contributed by atoms with Crippen molar-refractivity contribution in [1.29, 1.82) is 0 Å². The lowest BCUT2D eigenvalue weighted by atomic mass is 9.94. The molecule has 0 N–H and O–H groups in total. The van der Waals surface area contributed by atoms with Crippen molar-refractivity contribution in [2.24, 2.45) is 0 Å². The molecule has 0 saturated heterocycles. The van der Waals surface area contributed by atoms with Crippen molar-refractivity contribution in [3.63, 3.8) is 0 Å². The predicted octanol–water partition coefficient (Wildman–Crippen LogP) is 4.01. The fraction of sp³-hybridized carbons (Fsp3) is 0.364. The van der Waals surface area contributed by atoms with Crippen LogP contribution in [0.2, 0.25) is 0 Å². The van der Waals surface area contributed by atoms with Gasteiger partial charge in [-0.15, -0.1) is 0 Å². The number of alkyl halides is 3. The second-order valence-electron chi connectivity index (χ2n) is 4.01. The second-order valence-corrected chi connectivity index (χ2v) is 4.01. The molecule has 9 heteroatoms. The van der Waals surface area contributed by atoms with E-state index >= 15 is 0 Å². The third-order valence-electron chi connectivity index (χ3n) is 2.54. The van der Waals surface area contributed by atoms with E-state index in [9.17, 15) is 39.9 Å². The van der Waals surface area contributed by atoms with Gasteiger partial charge < -0.3 is 0 Å². The van der Waals surface area contributed by atoms with Gasteiger partial charge in [0, 0.05) is 12.0 Å². The number of benzene rings is 1. The molecule has 0 saturated carbocycles. The molecule has 0 bridgehead atoms. The van der Waals surface area contributed by atoms with Crippen LogP contribution < -0.4 is 0 Å². The van der Waals surface area contributed by atoms with Crippen LogP contribution in [-0.4, -0.2) is 12.0 Å². The third-order valence-corrected chi connectivity index (χ3v) is 2.54. The molecule has 20 heavy (non-hydrogen) atoms. The summed E-state index contributed by atoms with van der Waals surface area (Å²) in [4.78, 5) is 10.7. The van der Waals surface area contributed by atoms with Gasteiger partial charge in [0.25, 0.3) is 0 Å². The smallest absolute Gasteiger partial charge is 0.290 e. The molecule has 0 amide bonds. The molecule has 0 radical (unpaired) electrons. The molecular formula is C11H6F8O. The van der Waals surface area contributed by atoms with Gasteiger partial charge in [0.05, 0.1) is 0 Å². The lowest BCUT2D eigenvalue weighted by Gasteiger charge is -2.15. The summed E-state index contributed by atoms with van der Waals surface area (Å²) >= 11 is 0. The van der Waals surface area contributed by atoms with E-state index in [-0.39, 0.29) is 0 Å². The Morgan fingerprint density at radius 1 is 0.900 bits per heavy atom. The van der Waals surface area contributed by atoms with Crippen LogP contribution in [0.1, 0.15) is 24.8 Å². The summed E-state index contributed by atoms with van der Waals surface area (Å²) in [5, 5.41) is 0. The standard InChI is InChI=1S/C11H6F8O/c1-3(2-4(20)11(17,18)19)5-6(12)8(14)10(16)9(15)7(5)13/h3H,2H2,1H3. The zero-order valence-corrected chi connectivity index (χ0v) is 9.72. The Kier molecular flexibility index (Phi) is 4.40. The van der Waals surface area contributed by atoms with Crippen LogP contribution in [0.25, 0.3) is 0 Å². The van der Waals surface area contributed by atoms with Gasteiger partial charge in [-0.3, -0.25) is 4.79 Å². The van der Waals surface area contributed by atoms with E-state index in [1.807, 2.05) is 0 Å². The molecule has 1 atom stereocenters. The molecule has 1 unspecified atom stereocenters. The van der Waals surface area contributed by atoms with Gasteiger partial charge in [0.1, 0.15) is 0 Å². The van der Waals surface area contributed by atoms with Gasteiger partial charge in [-0.25, -0.2) is 22.0 Å². The molecule has 0 aromatic heterocycles. The number of hydrogen-bond acceptors (Lipinski definition) is 1. The van der Waals surface area contributed by atoms with Crippen molar-refractivity contribution in [2.75, 3.05) is 0 Å². The molecule has 0 fully saturated rings. The fourth-order valence-corrected chi connectivity index (χ4v) is 1.55. The van der Waals surface area contributed by atoms with E-state index in [0.717, 1.165) is 6.92 Å². The van der Waals surface area contributed by atoms with Gasteiger partial charge in [-0.05, 0) is 5.92 Å². The fourth-order valence-electron chi connectivity index (χ4n) is 1.55. The van der Waals surface area contributed by atoms with Crippen molar-refractivity contribution in [3.8, 4) is 0 Å². The molecule has 0 spiro atoms. The highest BCUT2D eigenvalue weighted by molar-refractivity contribution is 5.84. The molecular weight excluding hydrogens is 300 g/mol. The van der Waals surface area contributed by atoms with Gasteiger partial charge in [-0.2, -0.15) is 13.2 Å². The molecule has 0 aliphatic heterocycles. The highest BCUT2D eigenvalue weighted by Gasteiger charge is 2.40. The number of halogens is 8. The Bertz CT molecular complexity index is 519. The summed E-state index contributed by atoms with van der Waals surface area (Å²) in [7, 11) is 0. The van der Waals surface area contributed by atoms with Gasteiger partial charge in [-0.1, -0.05) is 6.92 Å². The summed E-state index contributed by atoms with van der Waals surface area (Å²) in [5.41, 5.74) is -1.45. The average molecular weight is 306 g/mol. The highest BCUT2D eigenvalue weighted by atomic mass is 19.4. The molecule has 0 aliphatic rings. The molecule has 0 heterocycles. The summed E-state index contributed by atoms with van der Waals surface area (Å²) in [5.74, 6) is -15.6. The van der Waals surface area contributed by atoms with Crippen LogP contribution >= 0.6 is 0 Å². The van der Waals surface area contributed by atoms with E-state index in [2.05, 4.69) is 0 Å². The maximum Gasteiger partial charge on any atom is 0.449 e. The Hall–Kier alpha value is -1.67. The minimum atomic E-state index is -5.25. The summed E-state index contributed by atoms with van der Waals surface area (Å²) in [6.45, 7) is 0.752. The number of carbonyl (C=O) groups is 1. The predicted molar refractivity (Wildman–Crippen MR) is 50.3 cm³/mol. The van der Waals surface area contributed by atoms with Crippen molar-refractivity contribution in [2.45, 2.75) is 25.4 Å². The first-order chi connectivity index (χ1) is 8.98. The summed E-state index contributed by atoms with van der Waals surface area (Å²) < 4.78 is 101. The largest absolute Gasteiger partial charge is 0.449 e. The van der Waals surface area contributed by atoms with Crippen LogP contribution in [0.4, 0.5) is 35.1 Å². The molecule has 1 aromatic rings. The first-order valence-electron chi connectivity index (χ1n) is 5.09. The topological polar surface area (TPSA) is 17.1 Å². The Balaban J connectivity index is 3.24. The van der Waals surface area contributed by atoms with E-state index in [4.69, 9.17) is 0 Å². The molecule has 1 rings (SSSR count). The number of Topliss-reactive ketones (excluding diaryl/α,β-unsaturated/α-hetero) is 1. The quantitative estimate of drug-likeness (QED) is 0.468. The van der Waals surface area contributed by atoms with Crippen LogP contribution in [-0.2, 0) is 4.79 Å². The summed E-state index contributed by atoms with van der Waals surface area (Å²) in [6.07, 6.45) is -6.68. The van der Waals surface area contributed by atoms with E-state index in [1.54, 1.807) is 0 Å². The van der Waals surface area contributed by atoms with E-state index in [1.165, 1.54) is 0 Å². The van der Waals surface area contributed by atoms with Crippen LogP contribution in [0.3, 0.4) is 0 Å². The lowest BCUT2D eigenvalue weighted by Crippen LogP contribution is -2.25. The van der Waals surface area contributed by atoms with Crippen LogP contribution in [0, 0.1) is 29.1 Å². The van der Waals surface area contributed by atoms with E-state index < -0.39 is 58.9 Å². The molecule has 112 valence electrons. The monoisotopic (exact) mass is 306 g/mol. The first-order valence-corrected chi connectivity index (χ1v) is 5.09. The Labute approximate surface area is 107 Å². The molecule has 0 aliphatic carbocycles. The average Bonchev–Trinajstić information content (AvgIpc) is 2.33. The SMILES string of the molecule is CC(CC(=O)C(F)(F)F)c1c(F)c(F)c(F)c(F)c1F. The maximum atomic E-state index is 13.3. The lowest BCUT2D eigenvalue weighted by molar-refractivity contribution is -0.171. The van der Waals surface area contributed by atoms with Crippen LogP contribution in [0.15, 0.2) is 0 Å².